The van der Waals surface area contributed by atoms with Crippen molar-refractivity contribution in [2.24, 2.45) is 11.1 Å². The number of cyclic esters (lactones) is 1. The number of ether oxygens (including phenoxy) is 3. The number of nitrogens with two attached hydrogens (primary N) is 1. The van der Waals surface area contributed by atoms with Gasteiger partial charge in [0.05, 0.1) is 7.11 Å². The molecule has 0 radical (unpaired) electrons. The maximum absolute atomic E-state index is 12.8. The number of rotatable bonds is 14. The van der Waals surface area contributed by atoms with E-state index in [1.165, 1.54) is 19.4 Å². The molecule has 1 aliphatic heterocycles. The lowest BCUT2D eigenvalue weighted by molar-refractivity contribution is -0.149. The van der Waals surface area contributed by atoms with Crippen molar-refractivity contribution >= 4 is 23.9 Å². The lowest BCUT2D eigenvalue weighted by atomic mass is 9.86. The Morgan fingerprint density at radius 3 is 2.45 bits per heavy atom. The van der Waals surface area contributed by atoms with Crippen molar-refractivity contribution in [2.75, 3.05) is 7.11 Å². The van der Waals surface area contributed by atoms with E-state index in [0.29, 0.717) is 25.7 Å². The van der Waals surface area contributed by atoms with E-state index in [2.05, 4.69) is 10.6 Å². The zero-order valence-electron chi connectivity index (χ0n) is 24.3. The Bertz CT molecular complexity index is 1060. The van der Waals surface area contributed by atoms with Gasteiger partial charge in [0.1, 0.15) is 18.2 Å². The summed E-state index contributed by atoms with van der Waals surface area (Å²) in [5.41, 5.74) is 5.50. The van der Waals surface area contributed by atoms with Gasteiger partial charge in [-0.1, -0.05) is 68.9 Å². The number of methoxy groups -OCH3 is 1. The lowest BCUT2D eigenvalue weighted by Gasteiger charge is -2.29. The summed E-state index contributed by atoms with van der Waals surface area (Å²) in [5.74, 6) is -1.03. The lowest BCUT2D eigenvalue weighted by Crippen LogP contribution is -2.52. The summed E-state index contributed by atoms with van der Waals surface area (Å²) in [5, 5.41) is 5.43. The number of allylic oxidation sites excluding steroid dienone is 5. The zero-order valence-corrected chi connectivity index (χ0v) is 24.3. The van der Waals surface area contributed by atoms with Crippen LogP contribution in [-0.4, -0.2) is 49.2 Å². The monoisotopic (exact) mass is 557 g/mol. The van der Waals surface area contributed by atoms with Gasteiger partial charge in [-0.3, -0.25) is 9.59 Å². The Hall–Kier alpha value is -4.08. The van der Waals surface area contributed by atoms with E-state index in [9.17, 15) is 19.2 Å². The van der Waals surface area contributed by atoms with Gasteiger partial charge in [-0.2, -0.15) is 0 Å². The summed E-state index contributed by atoms with van der Waals surface area (Å²) in [6.45, 7) is 9.31. The number of hydrogen-bond acceptors (Lipinski definition) is 7. The molecule has 0 bridgehead atoms. The molecule has 0 aromatic rings. The number of carbonyl (C=O) groups excluding carboxylic acids is 4. The van der Waals surface area contributed by atoms with E-state index < -0.39 is 35.5 Å². The molecule has 0 aromatic heterocycles. The first-order valence-corrected chi connectivity index (χ1v) is 13.2. The molecule has 0 spiro atoms. The van der Waals surface area contributed by atoms with Crippen molar-refractivity contribution in [3.8, 4) is 0 Å². The molecule has 3 atom stereocenters. The predicted molar refractivity (Wildman–Crippen MR) is 153 cm³/mol. The van der Waals surface area contributed by atoms with Crippen LogP contribution in [0.15, 0.2) is 72.2 Å². The molecule has 0 aromatic carbocycles. The van der Waals surface area contributed by atoms with Crippen molar-refractivity contribution in [1.82, 2.24) is 10.6 Å². The highest BCUT2D eigenvalue weighted by Crippen LogP contribution is 2.20. The minimum atomic E-state index is -0.859. The topological polar surface area (TPSA) is 146 Å². The predicted octanol–water partition coefficient (Wildman–Crippen LogP) is 4.26. The molecule has 0 aliphatic carbocycles. The highest BCUT2D eigenvalue weighted by molar-refractivity contribution is 5.93. The summed E-state index contributed by atoms with van der Waals surface area (Å²) < 4.78 is 15.3. The normalized spacial score (nSPS) is 18.1. The number of hydrogen-bond donors (Lipinski definition) is 3. The second-order valence-corrected chi connectivity index (χ2v) is 10.3. The van der Waals surface area contributed by atoms with Crippen LogP contribution in [0.5, 0.6) is 0 Å². The smallest absolute Gasteiger partial charge is 0.404 e. The molecule has 4 N–H and O–H groups in total. The van der Waals surface area contributed by atoms with E-state index in [0.717, 1.165) is 5.57 Å². The van der Waals surface area contributed by atoms with E-state index in [1.807, 2.05) is 58.9 Å². The Balaban J connectivity index is 2.63. The van der Waals surface area contributed by atoms with Gasteiger partial charge in [0, 0.05) is 31.8 Å². The van der Waals surface area contributed by atoms with Crippen LogP contribution >= 0.6 is 0 Å². The molecule has 40 heavy (non-hydrogen) atoms. The Morgan fingerprint density at radius 2 is 1.85 bits per heavy atom. The molecule has 10 nitrogen and oxygen atoms in total. The van der Waals surface area contributed by atoms with Crippen LogP contribution in [0, 0.1) is 5.41 Å². The van der Waals surface area contributed by atoms with Gasteiger partial charge < -0.3 is 30.6 Å². The summed E-state index contributed by atoms with van der Waals surface area (Å²) in [6.07, 6.45) is 17.4. The molecular weight excluding hydrogens is 514 g/mol. The van der Waals surface area contributed by atoms with Crippen molar-refractivity contribution < 1.29 is 33.4 Å². The average Bonchev–Trinajstić information content (AvgIpc) is 2.88. The van der Waals surface area contributed by atoms with Gasteiger partial charge in [-0.05, 0) is 31.5 Å². The fourth-order valence-electron chi connectivity index (χ4n) is 3.58. The molecule has 1 heterocycles. The fraction of sp³-hybridized carbons (Fsp3) is 0.467. The van der Waals surface area contributed by atoms with Crippen LogP contribution in [0.4, 0.5) is 4.79 Å². The molecule has 0 saturated heterocycles. The summed E-state index contributed by atoms with van der Waals surface area (Å²) in [4.78, 5) is 48.1. The van der Waals surface area contributed by atoms with E-state index in [4.69, 9.17) is 19.9 Å². The standard InChI is InChI=1S/C30H43N3O7/c1-7-8-13-22(40-29(31)37)14-11-20-32-27(35)26(30(3,4)5)33-25(34)15-10-9-12-21(2)16-17-23-18-19-24(38-6)28(36)39-23/h7-12,15-16,19-20,22-23,26H,13-14,17-18H2,1-6H3,(H2,31,37)(H,32,35)(H,33,34)/b8-7-,12-9-,15-10-,20-11-,21-16+. The van der Waals surface area contributed by atoms with Gasteiger partial charge in [0.2, 0.25) is 11.8 Å². The summed E-state index contributed by atoms with van der Waals surface area (Å²) >= 11 is 0. The quantitative estimate of drug-likeness (QED) is 0.125. The second-order valence-electron chi connectivity index (χ2n) is 10.3. The van der Waals surface area contributed by atoms with E-state index in [1.54, 1.807) is 24.3 Å². The number of amides is 3. The average molecular weight is 558 g/mol. The molecule has 0 fully saturated rings. The van der Waals surface area contributed by atoms with Gasteiger partial charge in [0.15, 0.2) is 5.76 Å². The Morgan fingerprint density at radius 1 is 1.18 bits per heavy atom. The highest BCUT2D eigenvalue weighted by atomic mass is 16.6. The minimum Gasteiger partial charge on any atom is -0.490 e. The van der Waals surface area contributed by atoms with Crippen LogP contribution in [-0.2, 0) is 28.6 Å². The third kappa shape index (κ3) is 13.6. The van der Waals surface area contributed by atoms with Crippen molar-refractivity contribution in [2.45, 2.75) is 78.6 Å². The van der Waals surface area contributed by atoms with E-state index >= 15 is 0 Å². The summed E-state index contributed by atoms with van der Waals surface area (Å²) in [7, 11) is 1.43. The first kappa shape index (κ1) is 33.9. The van der Waals surface area contributed by atoms with Crippen molar-refractivity contribution in [1.29, 1.82) is 0 Å². The first-order chi connectivity index (χ1) is 18.9. The minimum absolute atomic E-state index is 0.226. The highest BCUT2D eigenvalue weighted by Gasteiger charge is 2.31. The fourth-order valence-corrected chi connectivity index (χ4v) is 3.58. The maximum Gasteiger partial charge on any atom is 0.404 e. The SMILES string of the molecule is C/C=C\CC(C/C=C\NC(=O)C(NC(=O)\C=C/C=C\C(C)=C\CC1CC=C(OC)C(=O)O1)C(C)(C)C)OC(N)=O. The molecule has 1 rings (SSSR count). The van der Waals surface area contributed by atoms with Crippen molar-refractivity contribution in [3.63, 3.8) is 0 Å². The Labute approximate surface area is 237 Å². The molecule has 10 heteroatoms. The number of primary amides is 1. The third-order valence-electron chi connectivity index (χ3n) is 5.76. The van der Waals surface area contributed by atoms with Crippen LogP contribution in [0.2, 0.25) is 0 Å². The van der Waals surface area contributed by atoms with Crippen LogP contribution in [0.3, 0.4) is 0 Å². The first-order valence-electron chi connectivity index (χ1n) is 13.2. The second kappa shape index (κ2) is 17.5. The zero-order chi connectivity index (χ0) is 30.1. The van der Waals surface area contributed by atoms with Crippen LogP contribution < -0.4 is 16.4 Å². The van der Waals surface area contributed by atoms with Crippen molar-refractivity contribution in [3.05, 3.63) is 72.2 Å². The maximum atomic E-state index is 12.8. The molecule has 3 unspecified atom stereocenters. The molecule has 3 amide bonds. The molecule has 0 saturated carbocycles. The van der Waals surface area contributed by atoms with E-state index in [-0.39, 0.29) is 17.8 Å². The number of esters is 1. The largest absolute Gasteiger partial charge is 0.490 e. The van der Waals surface area contributed by atoms with Gasteiger partial charge in [-0.15, -0.1) is 0 Å². The third-order valence-corrected chi connectivity index (χ3v) is 5.76. The van der Waals surface area contributed by atoms with Crippen LogP contribution in [0.25, 0.3) is 0 Å². The molecular formula is C30H43N3O7. The Kier molecular flexibility index (Phi) is 14.8. The van der Waals surface area contributed by atoms with Gasteiger partial charge >= 0.3 is 12.1 Å². The number of carbonyl (C=O) groups is 4. The number of nitrogens with one attached hydrogen (secondary N) is 2. The molecule has 220 valence electrons. The van der Waals surface area contributed by atoms with Gasteiger partial charge in [-0.25, -0.2) is 9.59 Å². The summed E-state index contributed by atoms with van der Waals surface area (Å²) in [6, 6.07) is -0.800. The molecule has 1 aliphatic rings. The van der Waals surface area contributed by atoms with Gasteiger partial charge in [0.25, 0.3) is 0 Å². The van der Waals surface area contributed by atoms with Crippen LogP contribution in [0.1, 0.15) is 60.3 Å².